The lowest BCUT2D eigenvalue weighted by Gasteiger charge is -2.22. The summed E-state index contributed by atoms with van der Waals surface area (Å²) in [6.07, 6.45) is 0. The van der Waals surface area contributed by atoms with Gasteiger partial charge in [-0.2, -0.15) is 0 Å². The molecule has 0 saturated heterocycles. The first kappa shape index (κ1) is 13.0. The summed E-state index contributed by atoms with van der Waals surface area (Å²) in [7, 11) is 0. The maximum Gasteiger partial charge on any atom is 0.0636 e. The van der Waals surface area contributed by atoms with Crippen LogP contribution in [0.2, 0.25) is 0 Å². The molecule has 0 fully saturated rings. The lowest BCUT2D eigenvalue weighted by Crippen LogP contribution is -2.11. The minimum Gasteiger partial charge on any atom is -0.0622 e. The molecule has 0 aliphatic rings. The molecule has 0 aliphatic carbocycles. The lowest BCUT2D eigenvalue weighted by molar-refractivity contribution is 0.590. The van der Waals surface area contributed by atoms with Crippen molar-refractivity contribution in [3.8, 4) is 66.8 Å². The van der Waals surface area contributed by atoms with E-state index in [1.54, 1.807) is 20.8 Å². The zero-order chi connectivity index (χ0) is 54.1. The number of hydrogen-bond acceptors (Lipinski definition) is 0. The average molecular weight is 630 g/mol. The second-order valence-electron chi connectivity index (χ2n) is 11.5. The minimum absolute atomic E-state index is 0.128. The third kappa shape index (κ3) is 6.74. The van der Waals surface area contributed by atoms with Gasteiger partial charge in [-0.25, -0.2) is 0 Å². The Morgan fingerprint density at radius 2 is 0.681 bits per heavy atom. The van der Waals surface area contributed by atoms with E-state index in [0.717, 1.165) is 0 Å². The van der Waals surface area contributed by atoms with Crippen LogP contribution in [0.4, 0.5) is 0 Å². The molecule has 7 aromatic carbocycles. The van der Waals surface area contributed by atoms with Gasteiger partial charge in [0.1, 0.15) is 0 Å². The summed E-state index contributed by atoms with van der Waals surface area (Å²) in [5.41, 5.74) is -7.22. The maximum absolute atomic E-state index is 9.80. The molecule has 0 nitrogen and oxygen atoms in total. The first-order valence-corrected chi connectivity index (χ1v) is 14.5. The average Bonchev–Trinajstić information content (AvgIpc) is 3.32. The van der Waals surface area contributed by atoms with Gasteiger partial charge in [-0.1, -0.05) is 153 Å². The van der Waals surface area contributed by atoms with Crippen LogP contribution in [-0.2, 0) is 5.41 Å². The molecule has 47 heavy (non-hydrogen) atoms. The van der Waals surface area contributed by atoms with Crippen LogP contribution in [0.15, 0.2) is 169 Å². The highest BCUT2D eigenvalue weighted by Gasteiger charge is 2.18. The van der Waals surface area contributed by atoms with Gasteiger partial charge in [0.2, 0.25) is 0 Å². The van der Waals surface area contributed by atoms with Crippen LogP contribution < -0.4 is 0 Å². The Kier molecular flexibility index (Phi) is 3.52. The van der Waals surface area contributed by atoms with Crippen LogP contribution in [0.25, 0.3) is 66.8 Å². The zero-order valence-electron chi connectivity index (χ0n) is 50.7. The standard InChI is InChI=1S/C47H40/c1-33-15-14-22-37(23-33)41-25-40(36-20-12-7-13-21-36)28-43(29-41)45-30-44(31-46(32-45)47(2,3)4)42-26-38(34-16-8-5-9-17-34)24-39(27-42)35-18-10-6-11-19-35/h5-32H,1-4H3/i5D,6D,7D,8D,9D,10D,11D,12D,13D,14D,15D,16D,17D,18D,19D,20D,21D,22D,23D,24D,25D,26D,27D,28D,29D. The fourth-order valence-electron chi connectivity index (χ4n) is 4.76. The van der Waals surface area contributed by atoms with Crippen molar-refractivity contribution in [3.63, 3.8) is 0 Å². The molecule has 7 rings (SSSR count). The topological polar surface area (TPSA) is 0 Å². The van der Waals surface area contributed by atoms with E-state index in [4.69, 9.17) is 26.0 Å². The summed E-state index contributed by atoms with van der Waals surface area (Å²) in [4.78, 5) is 0. The Labute approximate surface area is 315 Å². The Balaban J connectivity index is 1.76. The van der Waals surface area contributed by atoms with Crippen LogP contribution in [0, 0.1) is 6.92 Å². The summed E-state index contributed by atoms with van der Waals surface area (Å²) in [5.74, 6) is 0. The van der Waals surface area contributed by atoms with Crippen molar-refractivity contribution in [3.05, 3.63) is 180 Å². The third-order valence-electron chi connectivity index (χ3n) is 7.13. The zero-order valence-corrected chi connectivity index (χ0v) is 25.7. The Hall–Kier alpha value is -5.46. The predicted octanol–water partition coefficient (Wildman–Crippen LogP) is 13.3. The fraction of sp³-hybridized carbons (Fsp3) is 0.106. The molecule has 0 radical (unpaired) electrons. The van der Waals surface area contributed by atoms with E-state index in [2.05, 4.69) is 0 Å². The normalized spacial score (nSPS) is 18.9. The minimum atomic E-state index is -0.932. The van der Waals surface area contributed by atoms with Gasteiger partial charge in [-0.15, -0.1) is 0 Å². The summed E-state index contributed by atoms with van der Waals surface area (Å²) in [6, 6.07) is -16.1. The smallest absolute Gasteiger partial charge is 0.0622 e. The second kappa shape index (κ2) is 12.7. The van der Waals surface area contributed by atoms with Gasteiger partial charge in [-0.3, -0.25) is 0 Å². The Bertz CT molecular complexity index is 3040. The molecule has 0 aliphatic heterocycles. The second-order valence-corrected chi connectivity index (χ2v) is 11.5. The molecule has 0 unspecified atom stereocenters. The summed E-state index contributed by atoms with van der Waals surface area (Å²) in [5, 5.41) is 0. The monoisotopic (exact) mass is 629 g/mol. The molecule has 0 spiro atoms. The Morgan fingerprint density at radius 3 is 1.06 bits per heavy atom. The first-order valence-electron chi connectivity index (χ1n) is 27.0. The van der Waals surface area contributed by atoms with Crippen LogP contribution in [0.3, 0.4) is 0 Å². The number of hydrogen-bond donors (Lipinski definition) is 0. The van der Waals surface area contributed by atoms with E-state index in [9.17, 15) is 8.22 Å². The van der Waals surface area contributed by atoms with Gasteiger partial charge in [0.15, 0.2) is 0 Å². The van der Waals surface area contributed by atoms with Crippen molar-refractivity contribution in [2.45, 2.75) is 33.1 Å². The predicted molar refractivity (Wildman–Crippen MR) is 202 cm³/mol. The molecule has 0 saturated carbocycles. The van der Waals surface area contributed by atoms with Crippen molar-refractivity contribution < 1.29 is 34.3 Å². The van der Waals surface area contributed by atoms with E-state index in [1.165, 1.54) is 25.1 Å². The number of benzene rings is 7. The molecule has 0 amide bonds. The fourth-order valence-corrected chi connectivity index (χ4v) is 4.76. The van der Waals surface area contributed by atoms with Gasteiger partial charge in [-0.05, 0) is 127 Å². The molecule has 0 heteroatoms. The first-order chi connectivity index (χ1) is 33.2. The van der Waals surface area contributed by atoms with Gasteiger partial charge in [0, 0.05) is 0 Å². The van der Waals surface area contributed by atoms with Gasteiger partial charge in [0.05, 0.1) is 34.3 Å². The molecular formula is C47H40. The van der Waals surface area contributed by atoms with Crippen LogP contribution >= 0.6 is 0 Å². The highest BCUT2D eigenvalue weighted by atomic mass is 14.2. The Morgan fingerprint density at radius 1 is 0.340 bits per heavy atom. The van der Waals surface area contributed by atoms with Crippen molar-refractivity contribution in [2.75, 3.05) is 0 Å². The largest absolute Gasteiger partial charge is 0.0636 e. The van der Waals surface area contributed by atoms with Crippen LogP contribution in [-0.4, -0.2) is 0 Å². The van der Waals surface area contributed by atoms with E-state index in [1.807, 2.05) is 0 Å². The summed E-state index contributed by atoms with van der Waals surface area (Å²) in [6.45, 7) is 6.52. The molecular weight excluding hydrogens is 565 g/mol. The maximum atomic E-state index is 9.80. The molecule has 0 aromatic heterocycles. The molecule has 7 aromatic rings. The number of rotatable bonds is 6. The van der Waals surface area contributed by atoms with E-state index < -0.39 is 212 Å². The molecule has 0 N–H and O–H groups in total. The lowest BCUT2D eigenvalue weighted by atomic mass is 9.82. The highest BCUT2D eigenvalue weighted by molar-refractivity contribution is 5.86. The van der Waals surface area contributed by atoms with Crippen molar-refractivity contribution in [2.24, 2.45) is 0 Å². The van der Waals surface area contributed by atoms with E-state index in [0.29, 0.717) is 5.56 Å². The summed E-state index contributed by atoms with van der Waals surface area (Å²) >= 11 is 0. The summed E-state index contributed by atoms with van der Waals surface area (Å²) < 4.78 is 222. The van der Waals surface area contributed by atoms with Crippen molar-refractivity contribution >= 4 is 0 Å². The molecule has 0 atom stereocenters. The third-order valence-corrected chi connectivity index (χ3v) is 7.13. The van der Waals surface area contributed by atoms with Crippen LogP contribution in [0.1, 0.15) is 66.2 Å². The molecule has 228 valence electrons. The van der Waals surface area contributed by atoms with Gasteiger partial charge >= 0.3 is 0 Å². The van der Waals surface area contributed by atoms with E-state index >= 15 is 0 Å². The van der Waals surface area contributed by atoms with Gasteiger partial charge in [0.25, 0.3) is 0 Å². The van der Waals surface area contributed by atoms with Crippen molar-refractivity contribution in [1.29, 1.82) is 0 Å². The molecule has 0 heterocycles. The molecule has 0 bridgehead atoms. The quantitative estimate of drug-likeness (QED) is 0.172. The van der Waals surface area contributed by atoms with Crippen molar-refractivity contribution in [1.82, 2.24) is 0 Å². The van der Waals surface area contributed by atoms with E-state index in [-0.39, 0.29) is 16.7 Å². The SMILES string of the molecule is [2H]c1c([2H])c([2H])c(-c2c([2H])c(-c3cc(-c4c([2H])c(-c5c([2H])c([2H])c([2H])c([2H])c5[2H])c([2H])c(-c5c([2H])c([2H])c([2H])c(C)c5[2H])c4[2H])cc(C(C)(C)C)c3)c([2H])c(-c3c([2H])c([2H])c([2H])c([2H])c3[2H])c2[2H])c([2H])c1[2H]. The highest BCUT2D eigenvalue weighted by Crippen LogP contribution is 2.39. The van der Waals surface area contributed by atoms with Crippen LogP contribution in [0.5, 0.6) is 0 Å². The van der Waals surface area contributed by atoms with Gasteiger partial charge < -0.3 is 0 Å².